The third-order valence-electron chi connectivity index (χ3n) is 3.94. The lowest BCUT2D eigenvalue weighted by molar-refractivity contribution is 0.348. The van der Waals surface area contributed by atoms with E-state index >= 15 is 0 Å². The van der Waals surface area contributed by atoms with Crippen LogP contribution in [0.15, 0.2) is 24.0 Å². The highest BCUT2D eigenvalue weighted by Crippen LogP contribution is 2.29. The molecular formula is C14H24N4. The monoisotopic (exact) mass is 248 g/mol. The highest BCUT2D eigenvalue weighted by atomic mass is 15.4. The molecule has 4 heteroatoms. The number of aromatic nitrogens is 3. The van der Waals surface area contributed by atoms with Gasteiger partial charge in [-0.05, 0) is 44.6 Å². The van der Waals surface area contributed by atoms with E-state index in [0.29, 0.717) is 0 Å². The van der Waals surface area contributed by atoms with Gasteiger partial charge in [-0.1, -0.05) is 23.8 Å². The van der Waals surface area contributed by atoms with Crippen LogP contribution in [0.2, 0.25) is 0 Å². The molecule has 1 aromatic heterocycles. The Kier molecular flexibility index (Phi) is 4.93. The Morgan fingerprint density at radius 1 is 1.50 bits per heavy atom. The van der Waals surface area contributed by atoms with E-state index in [2.05, 4.69) is 35.6 Å². The Morgan fingerprint density at radius 2 is 2.39 bits per heavy atom. The van der Waals surface area contributed by atoms with Crippen molar-refractivity contribution in [2.75, 3.05) is 13.1 Å². The number of aryl methyl sites for hydroxylation is 1. The first-order chi connectivity index (χ1) is 8.77. The summed E-state index contributed by atoms with van der Waals surface area (Å²) in [4.78, 5) is 0. The maximum atomic E-state index is 3.96. The molecule has 0 radical (unpaired) electrons. The lowest BCUT2D eigenvalue weighted by atomic mass is 9.80. The van der Waals surface area contributed by atoms with Crippen LogP contribution in [0.3, 0.4) is 0 Å². The van der Waals surface area contributed by atoms with Crippen LogP contribution in [0.1, 0.15) is 33.1 Å². The second kappa shape index (κ2) is 6.69. The molecule has 0 fully saturated rings. The smallest absolute Gasteiger partial charge is 0.0692 e. The van der Waals surface area contributed by atoms with Gasteiger partial charge in [-0.3, -0.25) is 4.68 Å². The maximum absolute atomic E-state index is 3.96. The molecular weight excluding hydrogens is 224 g/mol. The molecule has 0 unspecified atom stereocenters. The Hall–Kier alpha value is -1.16. The van der Waals surface area contributed by atoms with Gasteiger partial charge in [-0.15, -0.1) is 5.10 Å². The maximum Gasteiger partial charge on any atom is 0.0692 e. The minimum atomic E-state index is 0.727. The van der Waals surface area contributed by atoms with Crippen molar-refractivity contribution in [2.24, 2.45) is 11.8 Å². The quantitative estimate of drug-likeness (QED) is 0.620. The van der Waals surface area contributed by atoms with Crippen molar-refractivity contribution in [3.63, 3.8) is 0 Å². The first-order valence-electron chi connectivity index (χ1n) is 6.99. The zero-order valence-electron chi connectivity index (χ0n) is 11.5. The molecule has 1 heterocycles. The average molecular weight is 248 g/mol. The van der Waals surface area contributed by atoms with Gasteiger partial charge in [0, 0.05) is 19.3 Å². The molecule has 0 saturated heterocycles. The van der Waals surface area contributed by atoms with Crippen molar-refractivity contribution in [1.82, 2.24) is 20.3 Å². The van der Waals surface area contributed by atoms with Gasteiger partial charge in [-0.2, -0.15) is 0 Å². The molecule has 2 atom stereocenters. The average Bonchev–Trinajstić information content (AvgIpc) is 2.85. The molecule has 0 saturated carbocycles. The molecule has 1 N–H and O–H groups in total. The number of rotatable bonds is 6. The molecule has 2 rings (SSSR count). The van der Waals surface area contributed by atoms with Gasteiger partial charge >= 0.3 is 0 Å². The fourth-order valence-electron chi connectivity index (χ4n) is 2.71. The molecule has 1 aliphatic rings. The van der Waals surface area contributed by atoms with E-state index in [4.69, 9.17) is 0 Å². The fourth-order valence-corrected chi connectivity index (χ4v) is 2.71. The van der Waals surface area contributed by atoms with Gasteiger partial charge in [0.2, 0.25) is 0 Å². The Labute approximate surface area is 109 Å². The van der Waals surface area contributed by atoms with Crippen molar-refractivity contribution in [3.8, 4) is 0 Å². The van der Waals surface area contributed by atoms with E-state index in [0.717, 1.165) is 37.9 Å². The Bertz CT molecular complexity index is 369. The summed E-state index contributed by atoms with van der Waals surface area (Å²) in [5.74, 6) is 1.54. The number of allylic oxidation sites excluding steroid dienone is 1. The van der Waals surface area contributed by atoms with Crippen LogP contribution in [0.25, 0.3) is 0 Å². The zero-order chi connectivity index (χ0) is 12.8. The summed E-state index contributed by atoms with van der Waals surface area (Å²) in [7, 11) is 0. The topological polar surface area (TPSA) is 42.7 Å². The minimum Gasteiger partial charge on any atom is -0.316 e. The third kappa shape index (κ3) is 3.67. The van der Waals surface area contributed by atoms with Crippen molar-refractivity contribution in [1.29, 1.82) is 0 Å². The normalized spacial score (nSPS) is 24.0. The third-order valence-corrected chi connectivity index (χ3v) is 3.94. The Balaban J connectivity index is 1.63. The van der Waals surface area contributed by atoms with Crippen molar-refractivity contribution >= 4 is 0 Å². The molecule has 0 aliphatic heterocycles. The summed E-state index contributed by atoms with van der Waals surface area (Å²) in [6.45, 7) is 7.76. The van der Waals surface area contributed by atoms with Crippen LogP contribution in [-0.4, -0.2) is 28.1 Å². The van der Waals surface area contributed by atoms with E-state index < -0.39 is 0 Å². The van der Waals surface area contributed by atoms with E-state index in [1.54, 1.807) is 11.8 Å². The molecule has 18 heavy (non-hydrogen) atoms. The van der Waals surface area contributed by atoms with Gasteiger partial charge in [0.15, 0.2) is 0 Å². The molecule has 100 valence electrons. The van der Waals surface area contributed by atoms with Crippen LogP contribution in [0, 0.1) is 11.8 Å². The van der Waals surface area contributed by atoms with Crippen LogP contribution in [-0.2, 0) is 6.54 Å². The van der Waals surface area contributed by atoms with Crippen LogP contribution in [0.4, 0.5) is 0 Å². The predicted octanol–water partition coefficient (Wildman–Crippen LogP) is 2.25. The summed E-state index contributed by atoms with van der Waals surface area (Å²) < 4.78 is 1.88. The summed E-state index contributed by atoms with van der Waals surface area (Å²) in [5, 5.41) is 11.3. The van der Waals surface area contributed by atoms with Gasteiger partial charge in [-0.25, -0.2) is 0 Å². The van der Waals surface area contributed by atoms with E-state index in [1.165, 1.54) is 12.8 Å². The number of nitrogens with zero attached hydrogens (tertiary/aromatic N) is 3. The van der Waals surface area contributed by atoms with Gasteiger partial charge < -0.3 is 5.32 Å². The van der Waals surface area contributed by atoms with E-state index in [-0.39, 0.29) is 0 Å². The number of hydrogen-bond donors (Lipinski definition) is 1. The van der Waals surface area contributed by atoms with Crippen LogP contribution < -0.4 is 5.32 Å². The van der Waals surface area contributed by atoms with Crippen molar-refractivity contribution < 1.29 is 0 Å². The molecule has 1 aliphatic carbocycles. The van der Waals surface area contributed by atoms with Crippen molar-refractivity contribution in [3.05, 3.63) is 24.0 Å². The highest BCUT2D eigenvalue weighted by Gasteiger charge is 2.21. The number of hydrogen-bond acceptors (Lipinski definition) is 3. The highest BCUT2D eigenvalue weighted by molar-refractivity contribution is 5.09. The number of nitrogens with one attached hydrogen (secondary N) is 1. The second-order valence-corrected chi connectivity index (χ2v) is 5.33. The summed E-state index contributed by atoms with van der Waals surface area (Å²) >= 11 is 0. The lowest BCUT2D eigenvalue weighted by Gasteiger charge is -2.29. The SMILES string of the molecule is CC1=CCC[C@H](C)[C@@H]1CNCCCn1ccnn1. The van der Waals surface area contributed by atoms with E-state index in [1.807, 2.05) is 10.9 Å². The first kappa shape index (κ1) is 13.3. The molecule has 0 amide bonds. The summed E-state index contributed by atoms with van der Waals surface area (Å²) in [6, 6.07) is 0. The first-order valence-corrected chi connectivity index (χ1v) is 6.99. The van der Waals surface area contributed by atoms with E-state index in [9.17, 15) is 0 Å². The standard InChI is InChI=1S/C14H24N4/c1-12-5-3-6-13(2)14(12)11-15-7-4-9-18-10-8-16-17-18/h5,8,10,13-15H,3-4,6-7,9,11H2,1-2H3/t13-,14+/m0/s1. The largest absolute Gasteiger partial charge is 0.316 e. The van der Waals surface area contributed by atoms with Gasteiger partial charge in [0.05, 0.1) is 6.20 Å². The van der Waals surface area contributed by atoms with Crippen molar-refractivity contribution in [2.45, 2.75) is 39.7 Å². The molecule has 1 aromatic rings. The Morgan fingerprint density at radius 3 is 3.11 bits per heavy atom. The lowest BCUT2D eigenvalue weighted by Crippen LogP contribution is -2.30. The molecule has 4 nitrogen and oxygen atoms in total. The van der Waals surface area contributed by atoms with Gasteiger partial charge in [0.1, 0.15) is 0 Å². The molecule has 0 spiro atoms. The molecule has 0 aromatic carbocycles. The fraction of sp³-hybridized carbons (Fsp3) is 0.714. The van der Waals surface area contributed by atoms with Gasteiger partial charge in [0.25, 0.3) is 0 Å². The van der Waals surface area contributed by atoms with Crippen LogP contribution in [0.5, 0.6) is 0 Å². The summed E-state index contributed by atoms with van der Waals surface area (Å²) in [6.07, 6.45) is 9.74. The zero-order valence-corrected chi connectivity index (χ0v) is 11.5. The second-order valence-electron chi connectivity index (χ2n) is 5.33. The predicted molar refractivity (Wildman–Crippen MR) is 73.2 cm³/mol. The molecule has 0 bridgehead atoms. The van der Waals surface area contributed by atoms with Crippen LogP contribution >= 0.6 is 0 Å². The summed E-state index contributed by atoms with van der Waals surface area (Å²) in [5.41, 5.74) is 1.57. The minimum absolute atomic E-state index is 0.727.